The van der Waals surface area contributed by atoms with Crippen molar-refractivity contribution >= 4 is 34.3 Å². The van der Waals surface area contributed by atoms with Crippen LogP contribution in [0.3, 0.4) is 0 Å². The Morgan fingerprint density at radius 3 is 2.56 bits per heavy atom. The van der Waals surface area contributed by atoms with Crippen molar-refractivity contribution in [1.29, 1.82) is 5.41 Å². The van der Waals surface area contributed by atoms with Crippen LogP contribution in [-0.4, -0.2) is 23.4 Å². The van der Waals surface area contributed by atoms with Gasteiger partial charge in [-0.25, -0.2) is 0 Å². The van der Waals surface area contributed by atoms with Crippen LogP contribution in [0.15, 0.2) is 71.1 Å². The SMILES string of the molecule is CC(C)CN(c1ccc(-c2ccccc2C(=N)N)cc1Nc1nc2ccccc2o1)C1CCCCC1. The Morgan fingerprint density at radius 2 is 1.81 bits per heavy atom. The third-order valence-electron chi connectivity index (χ3n) is 6.95. The lowest BCUT2D eigenvalue weighted by atomic mass is 9.92. The maximum absolute atomic E-state index is 8.07. The molecule has 4 aromatic rings. The highest BCUT2D eigenvalue weighted by Gasteiger charge is 2.25. The predicted molar refractivity (Wildman–Crippen MR) is 149 cm³/mol. The Morgan fingerprint density at radius 1 is 1.06 bits per heavy atom. The summed E-state index contributed by atoms with van der Waals surface area (Å²) in [4.78, 5) is 7.26. The Hall–Kier alpha value is -3.80. The first kappa shape index (κ1) is 23.9. The quantitative estimate of drug-likeness (QED) is 0.181. The third-order valence-corrected chi connectivity index (χ3v) is 6.95. The van der Waals surface area contributed by atoms with Crippen molar-refractivity contribution in [1.82, 2.24) is 4.98 Å². The molecule has 0 bridgehead atoms. The molecular weight excluding hydrogens is 446 g/mol. The van der Waals surface area contributed by atoms with Crippen LogP contribution >= 0.6 is 0 Å². The molecule has 0 spiro atoms. The van der Waals surface area contributed by atoms with Crippen LogP contribution in [0.25, 0.3) is 22.2 Å². The Bertz CT molecular complexity index is 1320. The predicted octanol–water partition coefficient (Wildman–Crippen LogP) is 7.32. The van der Waals surface area contributed by atoms with E-state index in [2.05, 4.69) is 47.2 Å². The van der Waals surface area contributed by atoms with Crippen LogP contribution in [0.2, 0.25) is 0 Å². The second-order valence-corrected chi connectivity index (χ2v) is 10.1. The molecule has 1 fully saturated rings. The zero-order valence-corrected chi connectivity index (χ0v) is 21.1. The molecule has 1 aromatic heterocycles. The molecule has 3 aromatic carbocycles. The normalized spacial score (nSPS) is 14.3. The fourth-order valence-corrected chi connectivity index (χ4v) is 5.29. The van der Waals surface area contributed by atoms with E-state index in [0.717, 1.165) is 45.7 Å². The Balaban J connectivity index is 1.61. The molecular formula is C30H35N5O. The fraction of sp³-hybridized carbons (Fsp3) is 0.333. The van der Waals surface area contributed by atoms with Crippen LogP contribution < -0.4 is 16.0 Å². The molecule has 0 unspecified atom stereocenters. The minimum atomic E-state index is 0.0618. The number of nitrogens with one attached hydrogen (secondary N) is 2. The molecule has 0 aliphatic heterocycles. The highest BCUT2D eigenvalue weighted by molar-refractivity contribution is 6.02. The minimum absolute atomic E-state index is 0.0618. The molecule has 36 heavy (non-hydrogen) atoms. The average Bonchev–Trinajstić information content (AvgIpc) is 3.30. The lowest BCUT2D eigenvalue weighted by Crippen LogP contribution is -2.39. The van der Waals surface area contributed by atoms with Crippen LogP contribution in [-0.2, 0) is 0 Å². The van der Waals surface area contributed by atoms with Gasteiger partial charge in [-0.3, -0.25) is 5.41 Å². The molecule has 0 amide bonds. The molecule has 0 atom stereocenters. The van der Waals surface area contributed by atoms with Gasteiger partial charge >= 0.3 is 0 Å². The monoisotopic (exact) mass is 481 g/mol. The minimum Gasteiger partial charge on any atom is -0.423 e. The number of oxazole rings is 1. The number of amidine groups is 1. The van der Waals surface area contributed by atoms with Crippen LogP contribution in [0.1, 0.15) is 51.5 Å². The number of nitrogens with two attached hydrogens (primary N) is 1. The van der Waals surface area contributed by atoms with Crippen molar-refractivity contribution in [3.63, 3.8) is 0 Å². The van der Waals surface area contributed by atoms with Gasteiger partial charge in [-0.2, -0.15) is 4.98 Å². The van der Waals surface area contributed by atoms with Gasteiger partial charge in [0.2, 0.25) is 0 Å². The highest BCUT2D eigenvalue weighted by Crippen LogP contribution is 2.38. The summed E-state index contributed by atoms with van der Waals surface area (Å²) in [5, 5.41) is 11.6. The van der Waals surface area contributed by atoms with Gasteiger partial charge in [-0.1, -0.05) is 75.6 Å². The number of aromatic nitrogens is 1. The lowest BCUT2D eigenvalue weighted by molar-refractivity contribution is 0.401. The van der Waals surface area contributed by atoms with Crippen molar-refractivity contribution in [3.05, 3.63) is 72.3 Å². The zero-order chi connectivity index (χ0) is 25.1. The van der Waals surface area contributed by atoms with E-state index < -0.39 is 0 Å². The number of hydrogen-bond acceptors (Lipinski definition) is 5. The molecule has 0 saturated heterocycles. The number of fused-ring (bicyclic) bond motifs is 1. The largest absolute Gasteiger partial charge is 0.423 e. The van der Waals surface area contributed by atoms with E-state index in [1.165, 1.54) is 32.1 Å². The van der Waals surface area contributed by atoms with E-state index >= 15 is 0 Å². The van der Waals surface area contributed by atoms with Crippen molar-refractivity contribution in [2.75, 3.05) is 16.8 Å². The van der Waals surface area contributed by atoms with Gasteiger partial charge in [-0.05, 0) is 54.2 Å². The molecule has 1 aliphatic carbocycles. The number of hydrogen-bond donors (Lipinski definition) is 3. The van der Waals surface area contributed by atoms with E-state index in [-0.39, 0.29) is 5.84 Å². The number of rotatable bonds is 8. The molecule has 0 radical (unpaired) electrons. The molecule has 6 heteroatoms. The molecule has 1 aliphatic rings. The maximum atomic E-state index is 8.07. The van der Waals surface area contributed by atoms with Gasteiger partial charge in [-0.15, -0.1) is 0 Å². The molecule has 186 valence electrons. The molecule has 1 saturated carbocycles. The van der Waals surface area contributed by atoms with Crippen LogP contribution in [0.5, 0.6) is 0 Å². The second kappa shape index (κ2) is 10.4. The zero-order valence-electron chi connectivity index (χ0n) is 21.1. The van der Waals surface area contributed by atoms with Crippen molar-refractivity contribution in [2.24, 2.45) is 11.7 Å². The number of para-hydroxylation sites is 2. The first-order valence-electron chi connectivity index (χ1n) is 13.0. The number of nitrogen functional groups attached to an aromatic ring is 1. The first-order chi connectivity index (χ1) is 17.5. The molecule has 5 rings (SSSR count). The highest BCUT2D eigenvalue weighted by atomic mass is 16.4. The lowest BCUT2D eigenvalue weighted by Gasteiger charge is -2.38. The number of benzene rings is 3. The average molecular weight is 482 g/mol. The number of nitrogens with zero attached hydrogens (tertiary/aromatic N) is 2. The maximum Gasteiger partial charge on any atom is 0.300 e. The summed E-state index contributed by atoms with van der Waals surface area (Å²) in [6.45, 7) is 5.54. The van der Waals surface area contributed by atoms with E-state index in [0.29, 0.717) is 18.0 Å². The second-order valence-electron chi connectivity index (χ2n) is 10.1. The number of anilines is 3. The molecule has 1 heterocycles. The van der Waals surface area contributed by atoms with Gasteiger partial charge < -0.3 is 20.4 Å². The fourth-order valence-electron chi connectivity index (χ4n) is 5.29. The Labute approximate surface area is 213 Å². The standard InChI is InChI=1S/C30H35N5O/c1-20(2)19-35(22-10-4-3-5-11-22)27-17-16-21(23-12-6-7-13-24(23)29(31)32)18-26(27)34-30-33-25-14-8-9-15-28(25)36-30/h6-9,12-18,20,22H,3-5,10-11,19H2,1-2H3,(H3,31,32)(H,33,34). The summed E-state index contributed by atoms with van der Waals surface area (Å²) in [6.07, 6.45) is 6.29. The summed E-state index contributed by atoms with van der Waals surface area (Å²) < 4.78 is 6.05. The van der Waals surface area contributed by atoms with Gasteiger partial charge in [0.05, 0.1) is 11.4 Å². The Kier molecular flexibility index (Phi) is 6.94. The summed E-state index contributed by atoms with van der Waals surface area (Å²) in [5.74, 6) is 0.592. The van der Waals surface area contributed by atoms with Gasteiger partial charge in [0.15, 0.2) is 5.58 Å². The topological polar surface area (TPSA) is 91.2 Å². The molecule has 4 N–H and O–H groups in total. The summed E-state index contributed by atoms with van der Waals surface area (Å²) in [7, 11) is 0. The van der Waals surface area contributed by atoms with Crippen molar-refractivity contribution in [2.45, 2.75) is 52.0 Å². The summed E-state index contributed by atoms with van der Waals surface area (Å²) in [5.41, 5.74) is 12.3. The third kappa shape index (κ3) is 5.08. The van der Waals surface area contributed by atoms with Crippen LogP contribution in [0, 0.1) is 11.3 Å². The van der Waals surface area contributed by atoms with Crippen molar-refractivity contribution < 1.29 is 4.42 Å². The van der Waals surface area contributed by atoms with Crippen LogP contribution in [0.4, 0.5) is 17.4 Å². The summed E-state index contributed by atoms with van der Waals surface area (Å²) in [6, 6.07) is 23.1. The van der Waals surface area contributed by atoms with Gasteiger partial charge in [0.25, 0.3) is 6.01 Å². The van der Waals surface area contributed by atoms with Crippen molar-refractivity contribution in [3.8, 4) is 11.1 Å². The van der Waals surface area contributed by atoms with E-state index in [4.69, 9.17) is 15.6 Å². The van der Waals surface area contributed by atoms with E-state index in [1.54, 1.807) is 0 Å². The van der Waals surface area contributed by atoms with Gasteiger partial charge in [0.1, 0.15) is 11.4 Å². The smallest absolute Gasteiger partial charge is 0.300 e. The van der Waals surface area contributed by atoms with E-state index in [9.17, 15) is 0 Å². The summed E-state index contributed by atoms with van der Waals surface area (Å²) >= 11 is 0. The van der Waals surface area contributed by atoms with Gasteiger partial charge in [0, 0.05) is 18.2 Å². The molecule has 6 nitrogen and oxygen atoms in total. The van der Waals surface area contributed by atoms with E-state index in [1.807, 2.05) is 48.5 Å². The first-order valence-corrected chi connectivity index (χ1v) is 13.0.